The van der Waals surface area contributed by atoms with Gasteiger partial charge >= 0.3 is 0 Å². The molecular formula is C13H13ClN2O. The zero-order chi connectivity index (χ0) is 12.4. The van der Waals surface area contributed by atoms with Gasteiger partial charge in [0.2, 0.25) is 5.91 Å². The first kappa shape index (κ1) is 11.9. The molecule has 0 fully saturated rings. The maximum atomic E-state index is 12.0. The topological polar surface area (TPSA) is 44.1 Å². The van der Waals surface area contributed by atoms with E-state index in [9.17, 15) is 4.79 Å². The molecule has 0 aliphatic carbocycles. The van der Waals surface area contributed by atoms with Crippen molar-refractivity contribution in [2.75, 3.05) is 11.4 Å². The summed E-state index contributed by atoms with van der Waals surface area (Å²) >= 11 is 5.98. The molecule has 0 bridgehead atoms. The number of fused-ring (bicyclic) bond motifs is 1. The van der Waals surface area contributed by atoms with Crippen LogP contribution in [0.25, 0.3) is 0 Å². The third-order valence-electron chi connectivity index (χ3n) is 3.00. The number of nitriles is 1. The van der Waals surface area contributed by atoms with Crippen LogP contribution in [0.4, 0.5) is 5.69 Å². The molecule has 88 valence electrons. The van der Waals surface area contributed by atoms with Gasteiger partial charge in [-0.1, -0.05) is 13.0 Å². The molecule has 0 radical (unpaired) electrons. The Kier molecular flexibility index (Phi) is 3.35. The Bertz CT molecular complexity index is 493. The summed E-state index contributed by atoms with van der Waals surface area (Å²) in [4.78, 5) is 13.7. The maximum absolute atomic E-state index is 12.0. The number of amides is 1. The Hall–Kier alpha value is -1.53. The molecule has 1 aromatic carbocycles. The van der Waals surface area contributed by atoms with Gasteiger partial charge in [-0.2, -0.15) is 5.26 Å². The van der Waals surface area contributed by atoms with E-state index in [0.717, 1.165) is 17.7 Å². The Balaban J connectivity index is 2.33. The molecule has 0 unspecified atom stereocenters. The average molecular weight is 249 g/mol. The van der Waals surface area contributed by atoms with Gasteiger partial charge in [-0.15, -0.1) is 11.6 Å². The van der Waals surface area contributed by atoms with Crippen LogP contribution in [-0.4, -0.2) is 17.8 Å². The minimum atomic E-state index is -0.480. The van der Waals surface area contributed by atoms with Gasteiger partial charge in [0.1, 0.15) is 5.38 Å². The second kappa shape index (κ2) is 4.77. The molecule has 1 atom stereocenters. The van der Waals surface area contributed by atoms with Crippen molar-refractivity contribution in [3.05, 3.63) is 29.3 Å². The molecule has 4 heteroatoms. The molecule has 0 spiro atoms. The Labute approximate surface area is 106 Å². The molecule has 1 aliphatic heterocycles. The second-order valence-electron chi connectivity index (χ2n) is 4.07. The number of hydrogen-bond donors (Lipinski definition) is 0. The molecule has 2 rings (SSSR count). The number of carbonyl (C=O) groups excluding carboxylic acids is 1. The van der Waals surface area contributed by atoms with Crippen LogP contribution in [0.2, 0.25) is 0 Å². The van der Waals surface area contributed by atoms with Crippen molar-refractivity contribution in [2.24, 2.45) is 0 Å². The lowest BCUT2D eigenvalue weighted by atomic mass is 10.1. The third kappa shape index (κ3) is 2.13. The largest absolute Gasteiger partial charge is 0.310 e. The van der Waals surface area contributed by atoms with Gasteiger partial charge in [0.15, 0.2) is 0 Å². The summed E-state index contributed by atoms with van der Waals surface area (Å²) in [6.45, 7) is 2.55. The normalized spacial score (nSPS) is 15.2. The smallest absolute Gasteiger partial charge is 0.245 e. The van der Waals surface area contributed by atoms with Crippen LogP contribution in [-0.2, 0) is 11.2 Å². The van der Waals surface area contributed by atoms with E-state index in [1.54, 1.807) is 17.0 Å². The molecular weight excluding hydrogens is 236 g/mol. The molecule has 0 saturated carbocycles. The Morgan fingerprint density at radius 3 is 3.06 bits per heavy atom. The van der Waals surface area contributed by atoms with Crippen LogP contribution in [0.3, 0.4) is 0 Å². The van der Waals surface area contributed by atoms with Crippen LogP contribution < -0.4 is 4.90 Å². The maximum Gasteiger partial charge on any atom is 0.245 e. The number of nitrogens with zero attached hydrogens (tertiary/aromatic N) is 2. The lowest BCUT2D eigenvalue weighted by Crippen LogP contribution is -2.35. The average Bonchev–Trinajstić information content (AvgIpc) is 2.79. The van der Waals surface area contributed by atoms with Crippen molar-refractivity contribution in [2.45, 2.75) is 25.1 Å². The molecule has 3 nitrogen and oxygen atoms in total. The standard InChI is InChI=1S/C13H13ClN2O/c1-2-11(14)13(17)16-6-5-10-4-3-9(8-15)7-12(10)16/h3-4,7,11H,2,5-6H2,1H3/t11-/m1/s1. The van der Waals surface area contributed by atoms with Gasteiger partial charge < -0.3 is 4.90 Å². The predicted octanol–water partition coefficient (Wildman–Crippen LogP) is 2.46. The molecule has 1 heterocycles. The second-order valence-corrected chi connectivity index (χ2v) is 4.60. The first-order valence-corrected chi connectivity index (χ1v) is 6.09. The van der Waals surface area contributed by atoms with Gasteiger partial charge in [-0.3, -0.25) is 4.79 Å². The van der Waals surface area contributed by atoms with Gasteiger partial charge in [0.25, 0.3) is 0 Å². The zero-order valence-electron chi connectivity index (χ0n) is 9.61. The van der Waals surface area contributed by atoms with Crippen molar-refractivity contribution < 1.29 is 4.79 Å². The number of carbonyl (C=O) groups is 1. The SMILES string of the molecule is CC[C@@H](Cl)C(=O)N1CCc2ccc(C#N)cc21. The van der Waals surface area contributed by atoms with Crippen molar-refractivity contribution in [1.82, 2.24) is 0 Å². The summed E-state index contributed by atoms with van der Waals surface area (Å²) in [7, 11) is 0. The third-order valence-corrected chi connectivity index (χ3v) is 3.50. The van der Waals surface area contributed by atoms with Crippen LogP contribution in [0.5, 0.6) is 0 Å². The highest BCUT2D eigenvalue weighted by Crippen LogP contribution is 2.30. The Morgan fingerprint density at radius 1 is 1.65 bits per heavy atom. The fourth-order valence-corrected chi connectivity index (χ4v) is 2.14. The number of benzene rings is 1. The highest BCUT2D eigenvalue weighted by molar-refractivity contribution is 6.32. The molecule has 1 aliphatic rings. The van der Waals surface area contributed by atoms with Crippen LogP contribution in [0, 0.1) is 11.3 Å². The minimum Gasteiger partial charge on any atom is -0.310 e. The fraction of sp³-hybridized carbons (Fsp3) is 0.385. The lowest BCUT2D eigenvalue weighted by molar-refractivity contribution is -0.118. The minimum absolute atomic E-state index is 0.0667. The predicted molar refractivity (Wildman–Crippen MR) is 67.1 cm³/mol. The molecule has 0 N–H and O–H groups in total. The van der Waals surface area contributed by atoms with Crippen molar-refractivity contribution in [3.8, 4) is 6.07 Å². The van der Waals surface area contributed by atoms with Gasteiger partial charge in [-0.05, 0) is 30.5 Å². The fourth-order valence-electron chi connectivity index (χ4n) is 2.02. The summed E-state index contributed by atoms with van der Waals surface area (Å²) in [5, 5.41) is 8.39. The molecule has 1 aromatic rings. The number of anilines is 1. The highest BCUT2D eigenvalue weighted by Gasteiger charge is 2.28. The van der Waals surface area contributed by atoms with E-state index in [0.29, 0.717) is 18.5 Å². The van der Waals surface area contributed by atoms with Crippen molar-refractivity contribution in [1.29, 1.82) is 5.26 Å². The first-order chi connectivity index (χ1) is 8.17. The monoisotopic (exact) mass is 248 g/mol. The molecule has 17 heavy (non-hydrogen) atoms. The van der Waals surface area contributed by atoms with Crippen LogP contribution in [0.1, 0.15) is 24.5 Å². The summed E-state index contributed by atoms with van der Waals surface area (Å²) in [5.41, 5.74) is 2.52. The number of alkyl halides is 1. The molecule has 1 amide bonds. The molecule has 0 aromatic heterocycles. The zero-order valence-corrected chi connectivity index (χ0v) is 10.4. The summed E-state index contributed by atoms with van der Waals surface area (Å²) in [6.07, 6.45) is 1.45. The van der Waals surface area contributed by atoms with Crippen molar-refractivity contribution >= 4 is 23.2 Å². The van der Waals surface area contributed by atoms with E-state index in [-0.39, 0.29) is 5.91 Å². The number of rotatable bonds is 2. The van der Waals surface area contributed by atoms with Gasteiger partial charge in [0, 0.05) is 12.2 Å². The van der Waals surface area contributed by atoms with Crippen LogP contribution >= 0.6 is 11.6 Å². The van der Waals surface area contributed by atoms with Gasteiger partial charge in [-0.25, -0.2) is 0 Å². The quantitative estimate of drug-likeness (QED) is 0.755. The van der Waals surface area contributed by atoms with Gasteiger partial charge in [0.05, 0.1) is 11.6 Å². The first-order valence-electron chi connectivity index (χ1n) is 5.66. The van der Waals surface area contributed by atoms with Crippen molar-refractivity contribution in [3.63, 3.8) is 0 Å². The van der Waals surface area contributed by atoms with E-state index in [2.05, 4.69) is 6.07 Å². The van der Waals surface area contributed by atoms with Crippen LogP contribution in [0.15, 0.2) is 18.2 Å². The molecule has 0 saturated heterocycles. The van der Waals surface area contributed by atoms with E-state index in [1.165, 1.54) is 0 Å². The number of hydrogen-bond acceptors (Lipinski definition) is 2. The summed E-state index contributed by atoms with van der Waals surface area (Å²) < 4.78 is 0. The van der Waals surface area contributed by atoms with E-state index >= 15 is 0 Å². The van der Waals surface area contributed by atoms with E-state index in [4.69, 9.17) is 16.9 Å². The van der Waals surface area contributed by atoms with E-state index < -0.39 is 5.38 Å². The number of halogens is 1. The Morgan fingerprint density at radius 2 is 2.41 bits per heavy atom. The summed E-state index contributed by atoms with van der Waals surface area (Å²) in [6, 6.07) is 7.55. The summed E-state index contributed by atoms with van der Waals surface area (Å²) in [5.74, 6) is -0.0667. The lowest BCUT2D eigenvalue weighted by Gasteiger charge is -2.19. The van der Waals surface area contributed by atoms with E-state index in [1.807, 2.05) is 13.0 Å². The highest BCUT2D eigenvalue weighted by atomic mass is 35.5.